The van der Waals surface area contributed by atoms with Gasteiger partial charge in [-0.1, -0.05) is 30.3 Å². The van der Waals surface area contributed by atoms with Gasteiger partial charge in [-0.05, 0) is 58.7 Å². The number of benzene rings is 2. The van der Waals surface area contributed by atoms with Gasteiger partial charge in [0.15, 0.2) is 0 Å². The molecule has 4 heteroatoms. The molecule has 2 aromatic carbocycles. The van der Waals surface area contributed by atoms with Gasteiger partial charge in [-0.3, -0.25) is 5.41 Å². The molecule has 0 saturated carbocycles. The maximum atomic E-state index is 7.80. The van der Waals surface area contributed by atoms with Crippen LogP contribution in [0.2, 0.25) is 0 Å². The molecule has 0 radical (unpaired) electrons. The SMILES string of the molecule is N=C(N)c1ccc2c(c1)C1c3ccccc3CC1C(c1cccs1)N2. The van der Waals surface area contributed by atoms with Gasteiger partial charge in [0.25, 0.3) is 0 Å². The van der Waals surface area contributed by atoms with Crippen molar-refractivity contribution in [1.82, 2.24) is 0 Å². The van der Waals surface area contributed by atoms with E-state index < -0.39 is 0 Å². The number of fused-ring (bicyclic) bond motifs is 5. The maximum Gasteiger partial charge on any atom is 0.122 e. The standard InChI is InChI=1S/C21H19N3S/c22-21(23)13-7-8-17-15(11-13)19-14-5-2-1-4-12(14)10-16(19)20(24-17)18-6-3-9-25-18/h1-9,11,16,19-20,24H,10H2,(H3,22,23). The summed E-state index contributed by atoms with van der Waals surface area (Å²) in [6, 6.07) is 19.6. The number of nitrogens with two attached hydrogens (primary N) is 1. The zero-order valence-corrected chi connectivity index (χ0v) is 14.5. The van der Waals surface area contributed by atoms with Gasteiger partial charge in [0.2, 0.25) is 0 Å². The van der Waals surface area contributed by atoms with Crippen molar-refractivity contribution in [2.24, 2.45) is 11.7 Å². The molecule has 1 aliphatic carbocycles. The highest BCUT2D eigenvalue weighted by Gasteiger charge is 2.43. The largest absolute Gasteiger partial charge is 0.384 e. The first-order valence-electron chi connectivity index (χ1n) is 8.58. The predicted octanol–water partition coefficient (Wildman–Crippen LogP) is 4.50. The Morgan fingerprint density at radius 3 is 2.76 bits per heavy atom. The number of nitrogens with one attached hydrogen (secondary N) is 2. The van der Waals surface area contributed by atoms with Crippen LogP contribution in [0.3, 0.4) is 0 Å². The number of anilines is 1. The summed E-state index contributed by atoms with van der Waals surface area (Å²) < 4.78 is 0. The third kappa shape index (κ3) is 2.21. The van der Waals surface area contributed by atoms with E-state index in [4.69, 9.17) is 11.1 Å². The Morgan fingerprint density at radius 1 is 1.08 bits per heavy atom. The van der Waals surface area contributed by atoms with E-state index in [0.29, 0.717) is 17.9 Å². The zero-order valence-electron chi connectivity index (χ0n) is 13.7. The van der Waals surface area contributed by atoms with Crippen molar-refractivity contribution in [3.63, 3.8) is 0 Å². The summed E-state index contributed by atoms with van der Waals surface area (Å²) in [7, 11) is 0. The molecule has 0 bridgehead atoms. The first kappa shape index (κ1) is 14.7. The molecule has 4 N–H and O–H groups in total. The highest BCUT2D eigenvalue weighted by molar-refractivity contribution is 7.10. The highest BCUT2D eigenvalue weighted by atomic mass is 32.1. The molecule has 3 unspecified atom stereocenters. The van der Waals surface area contributed by atoms with Gasteiger partial charge in [-0.25, -0.2) is 0 Å². The quantitative estimate of drug-likeness (QED) is 0.473. The Bertz CT molecular complexity index is 961. The smallest absolute Gasteiger partial charge is 0.122 e. The first-order chi connectivity index (χ1) is 12.2. The summed E-state index contributed by atoms with van der Waals surface area (Å²) in [4.78, 5) is 1.39. The van der Waals surface area contributed by atoms with Gasteiger partial charge in [-0.2, -0.15) is 0 Å². The molecule has 0 fully saturated rings. The van der Waals surface area contributed by atoms with Crippen LogP contribution in [-0.4, -0.2) is 5.84 Å². The Labute approximate surface area is 151 Å². The number of amidine groups is 1. The minimum atomic E-state index is 0.131. The monoisotopic (exact) mass is 345 g/mol. The van der Waals surface area contributed by atoms with E-state index in [0.717, 1.165) is 12.0 Å². The van der Waals surface area contributed by atoms with E-state index in [9.17, 15) is 0 Å². The van der Waals surface area contributed by atoms with Crippen LogP contribution in [0.5, 0.6) is 0 Å². The molecular weight excluding hydrogens is 326 g/mol. The summed E-state index contributed by atoms with van der Waals surface area (Å²) in [6.45, 7) is 0. The van der Waals surface area contributed by atoms with E-state index in [1.165, 1.54) is 27.3 Å². The molecule has 0 amide bonds. The van der Waals surface area contributed by atoms with Gasteiger partial charge in [0.05, 0.1) is 6.04 Å². The molecule has 3 aromatic rings. The number of nitrogen functional groups attached to an aromatic ring is 1. The molecule has 2 aliphatic rings. The van der Waals surface area contributed by atoms with Gasteiger partial charge < -0.3 is 11.1 Å². The van der Waals surface area contributed by atoms with Crippen LogP contribution in [-0.2, 0) is 6.42 Å². The van der Waals surface area contributed by atoms with Crippen LogP contribution in [0, 0.1) is 11.3 Å². The lowest BCUT2D eigenvalue weighted by molar-refractivity contribution is 0.425. The second-order valence-corrected chi connectivity index (χ2v) is 7.88. The lowest BCUT2D eigenvalue weighted by Gasteiger charge is -2.37. The fourth-order valence-corrected chi connectivity index (χ4v) is 5.33. The second-order valence-electron chi connectivity index (χ2n) is 6.90. The minimum Gasteiger partial charge on any atom is -0.384 e. The second kappa shape index (κ2) is 5.46. The summed E-state index contributed by atoms with van der Waals surface area (Å²) in [5.41, 5.74) is 11.9. The number of hydrogen-bond acceptors (Lipinski definition) is 3. The number of hydrogen-bond donors (Lipinski definition) is 3. The molecule has 3 nitrogen and oxygen atoms in total. The molecule has 1 aliphatic heterocycles. The molecule has 1 aromatic heterocycles. The van der Waals surface area contributed by atoms with Crippen molar-refractivity contribution in [2.45, 2.75) is 18.4 Å². The van der Waals surface area contributed by atoms with Crippen molar-refractivity contribution in [3.05, 3.63) is 87.1 Å². The Balaban J connectivity index is 1.71. The Kier molecular flexibility index (Phi) is 3.22. The summed E-state index contributed by atoms with van der Waals surface area (Å²) in [5.74, 6) is 0.982. The number of rotatable bonds is 2. The van der Waals surface area contributed by atoms with Crippen molar-refractivity contribution in [1.29, 1.82) is 5.41 Å². The normalized spacial score (nSPS) is 23.3. The molecular formula is C21H19N3S. The molecule has 25 heavy (non-hydrogen) atoms. The molecule has 5 rings (SSSR count). The van der Waals surface area contributed by atoms with Crippen LogP contribution in [0.1, 0.15) is 39.1 Å². The van der Waals surface area contributed by atoms with Crippen molar-refractivity contribution in [2.75, 3.05) is 5.32 Å². The Morgan fingerprint density at radius 2 is 1.96 bits per heavy atom. The Hall–Kier alpha value is -2.59. The van der Waals surface area contributed by atoms with Crippen LogP contribution < -0.4 is 11.1 Å². The van der Waals surface area contributed by atoms with Crippen molar-refractivity contribution >= 4 is 22.9 Å². The number of thiophene rings is 1. The van der Waals surface area contributed by atoms with E-state index in [1.54, 1.807) is 0 Å². The molecule has 0 spiro atoms. The van der Waals surface area contributed by atoms with Gasteiger partial charge in [0.1, 0.15) is 5.84 Å². The minimum absolute atomic E-state index is 0.131. The van der Waals surface area contributed by atoms with Crippen LogP contribution in [0.15, 0.2) is 60.0 Å². The third-order valence-electron chi connectivity index (χ3n) is 5.56. The van der Waals surface area contributed by atoms with Gasteiger partial charge in [0, 0.05) is 22.0 Å². The predicted molar refractivity (Wildman–Crippen MR) is 104 cm³/mol. The van der Waals surface area contributed by atoms with Crippen LogP contribution in [0.25, 0.3) is 0 Å². The summed E-state index contributed by atoms with van der Waals surface area (Å²) >= 11 is 1.82. The fourth-order valence-electron chi connectivity index (χ4n) is 4.48. The average molecular weight is 345 g/mol. The van der Waals surface area contributed by atoms with E-state index in [-0.39, 0.29) is 5.84 Å². The van der Waals surface area contributed by atoms with E-state index in [2.05, 4.69) is 59.2 Å². The average Bonchev–Trinajstić information content (AvgIpc) is 3.28. The van der Waals surface area contributed by atoms with E-state index >= 15 is 0 Å². The topological polar surface area (TPSA) is 61.9 Å². The van der Waals surface area contributed by atoms with Crippen molar-refractivity contribution in [3.8, 4) is 0 Å². The highest BCUT2D eigenvalue weighted by Crippen LogP contribution is 2.54. The lowest BCUT2D eigenvalue weighted by Crippen LogP contribution is -2.30. The van der Waals surface area contributed by atoms with Gasteiger partial charge >= 0.3 is 0 Å². The van der Waals surface area contributed by atoms with Crippen LogP contribution in [0.4, 0.5) is 5.69 Å². The molecule has 2 heterocycles. The molecule has 124 valence electrons. The van der Waals surface area contributed by atoms with E-state index in [1.807, 2.05) is 17.4 Å². The molecule has 0 saturated heterocycles. The van der Waals surface area contributed by atoms with Crippen molar-refractivity contribution < 1.29 is 0 Å². The molecule has 3 atom stereocenters. The van der Waals surface area contributed by atoms with Crippen LogP contribution >= 0.6 is 11.3 Å². The summed E-state index contributed by atoms with van der Waals surface area (Å²) in [6.07, 6.45) is 1.08. The zero-order chi connectivity index (χ0) is 17.0. The summed E-state index contributed by atoms with van der Waals surface area (Å²) in [5, 5.41) is 13.7. The maximum absolute atomic E-state index is 7.80. The third-order valence-corrected chi connectivity index (χ3v) is 6.52. The lowest BCUT2D eigenvalue weighted by atomic mass is 9.77. The van der Waals surface area contributed by atoms with Gasteiger partial charge in [-0.15, -0.1) is 11.3 Å². The first-order valence-corrected chi connectivity index (χ1v) is 9.46. The fraction of sp³-hybridized carbons (Fsp3) is 0.190.